The molecule has 7 heteroatoms. The quantitative estimate of drug-likeness (QED) is 0.822. The first-order chi connectivity index (χ1) is 12.4. The Morgan fingerprint density at radius 2 is 1.92 bits per heavy atom. The zero-order valence-corrected chi connectivity index (χ0v) is 16.1. The Labute approximate surface area is 158 Å². The summed E-state index contributed by atoms with van der Waals surface area (Å²) in [6.45, 7) is 2.29. The lowest BCUT2D eigenvalue weighted by atomic mass is 10.1. The van der Waals surface area contributed by atoms with Crippen LogP contribution in [-0.2, 0) is 14.4 Å². The van der Waals surface area contributed by atoms with Gasteiger partial charge in [0.2, 0.25) is 11.8 Å². The highest BCUT2D eigenvalue weighted by Crippen LogP contribution is 2.30. The Bertz CT molecular complexity index is 638. The van der Waals surface area contributed by atoms with Gasteiger partial charge in [0.15, 0.2) is 0 Å². The van der Waals surface area contributed by atoms with Crippen LogP contribution >= 0.6 is 11.8 Å². The zero-order valence-electron chi connectivity index (χ0n) is 15.3. The molecule has 1 aromatic rings. The fourth-order valence-electron chi connectivity index (χ4n) is 3.43. The summed E-state index contributed by atoms with van der Waals surface area (Å²) in [7, 11) is 0. The van der Waals surface area contributed by atoms with E-state index in [0.717, 1.165) is 12.0 Å². The van der Waals surface area contributed by atoms with Crippen molar-refractivity contribution in [2.45, 2.75) is 37.5 Å². The lowest BCUT2D eigenvalue weighted by Crippen LogP contribution is -2.43. The van der Waals surface area contributed by atoms with Gasteiger partial charge in [-0.1, -0.05) is 30.3 Å². The van der Waals surface area contributed by atoms with Crippen LogP contribution in [0.5, 0.6) is 0 Å². The molecule has 2 atom stereocenters. The molecule has 2 amide bonds. The lowest BCUT2D eigenvalue weighted by Gasteiger charge is -2.29. The standard InChI is InChI=1S/C19H26N2O4S/c1-14(22)21(13-17(23)24)16-9-6-11-20(12-10-16)19(25)18(26-2)15-7-4-3-5-8-15/h3-5,7-8,16,18H,6,9-13H2,1-2H3,(H,23,24). The van der Waals surface area contributed by atoms with Crippen molar-refractivity contribution < 1.29 is 19.5 Å². The maximum absolute atomic E-state index is 13.0. The molecule has 142 valence electrons. The summed E-state index contributed by atoms with van der Waals surface area (Å²) in [5.41, 5.74) is 0.988. The van der Waals surface area contributed by atoms with Crippen LogP contribution in [0, 0.1) is 0 Å². The van der Waals surface area contributed by atoms with Crippen molar-refractivity contribution in [3.63, 3.8) is 0 Å². The average Bonchev–Trinajstić information content (AvgIpc) is 2.87. The van der Waals surface area contributed by atoms with E-state index in [1.165, 1.54) is 23.6 Å². The van der Waals surface area contributed by atoms with E-state index in [0.29, 0.717) is 25.9 Å². The zero-order chi connectivity index (χ0) is 19.1. The fourth-order valence-corrected chi connectivity index (χ4v) is 4.21. The normalized spacial score (nSPS) is 18.7. The van der Waals surface area contributed by atoms with Gasteiger partial charge >= 0.3 is 5.97 Å². The molecule has 1 fully saturated rings. The third kappa shape index (κ3) is 5.24. The van der Waals surface area contributed by atoms with Crippen molar-refractivity contribution in [3.05, 3.63) is 35.9 Å². The van der Waals surface area contributed by atoms with Crippen molar-refractivity contribution in [1.29, 1.82) is 0 Å². The van der Waals surface area contributed by atoms with Gasteiger partial charge in [-0.15, -0.1) is 11.8 Å². The Hall–Kier alpha value is -2.02. The molecule has 0 aromatic heterocycles. The van der Waals surface area contributed by atoms with Crippen molar-refractivity contribution in [2.75, 3.05) is 25.9 Å². The van der Waals surface area contributed by atoms with Crippen LogP contribution in [0.15, 0.2) is 30.3 Å². The Morgan fingerprint density at radius 3 is 2.50 bits per heavy atom. The molecule has 1 saturated heterocycles. The molecule has 1 heterocycles. The maximum atomic E-state index is 13.0. The Kier molecular flexibility index (Phi) is 7.50. The smallest absolute Gasteiger partial charge is 0.323 e. The van der Waals surface area contributed by atoms with Crippen molar-refractivity contribution in [2.24, 2.45) is 0 Å². The van der Waals surface area contributed by atoms with Crippen LogP contribution < -0.4 is 0 Å². The second-order valence-electron chi connectivity index (χ2n) is 6.48. The highest BCUT2D eigenvalue weighted by molar-refractivity contribution is 7.99. The first-order valence-corrected chi connectivity index (χ1v) is 10.1. The number of rotatable bonds is 6. The number of carboxylic acids is 1. The number of carboxylic acid groups (broad SMARTS) is 1. The van der Waals surface area contributed by atoms with Gasteiger partial charge in [-0.05, 0) is 31.1 Å². The third-order valence-corrected chi connectivity index (χ3v) is 5.67. The lowest BCUT2D eigenvalue weighted by molar-refractivity contribution is -0.145. The molecular formula is C19H26N2O4S. The number of benzene rings is 1. The molecule has 2 unspecified atom stereocenters. The Balaban J connectivity index is 2.06. The van der Waals surface area contributed by atoms with Gasteiger partial charge in [-0.2, -0.15) is 0 Å². The number of likely N-dealkylation sites (tertiary alicyclic amines) is 1. The van der Waals surface area contributed by atoms with Crippen LogP contribution in [0.1, 0.15) is 37.0 Å². The number of hydrogen-bond donors (Lipinski definition) is 1. The van der Waals surface area contributed by atoms with Crippen molar-refractivity contribution in [1.82, 2.24) is 9.80 Å². The minimum atomic E-state index is -1.01. The summed E-state index contributed by atoms with van der Waals surface area (Å²) < 4.78 is 0. The van der Waals surface area contributed by atoms with Crippen molar-refractivity contribution in [3.8, 4) is 0 Å². The first kappa shape index (κ1) is 20.3. The van der Waals surface area contributed by atoms with Crippen LogP contribution in [0.25, 0.3) is 0 Å². The molecule has 1 aromatic carbocycles. The summed E-state index contributed by atoms with van der Waals surface area (Å²) in [5, 5.41) is 8.80. The minimum Gasteiger partial charge on any atom is -0.480 e. The molecule has 0 spiro atoms. The van der Waals surface area contributed by atoms with Gasteiger partial charge < -0.3 is 14.9 Å². The molecule has 0 saturated carbocycles. The molecule has 2 rings (SSSR count). The molecule has 1 aliphatic rings. The monoisotopic (exact) mass is 378 g/mol. The van der Waals surface area contributed by atoms with E-state index in [4.69, 9.17) is 5.11 Å². The number of carbonyl (C=O) groups excluding carboxylic acids is 2. The molecular weight excluding hydrogens is 352 g/mol. The van der Waals surface area contributed by atoms with E-state index in [1.807, 2.05) is 41.5 Å². The molecule has 6 nitrogen and oxygen atoms in total. The second-order valence-corrected chi connectivity index (χ2v) is 7.42. The molecule has 1 aliphatic heterocycles. The SMILES string of the molecule is CSC(C(=O)N1CCCC(N(CC(=O)O)C(C)=O)CC1)c1ccccc1. The number of carbonyl (C=O) groups is 3. The largest absolute Gasteiger partial charge is 0.480 e. The average molecular weight is 378 g/mol. The molecule has 26 heavy (non-hydrogen) atoms. The number of amides is 2. The maximum Gasteiger partial charge on any atom is 0.323 e. The van der Waals surface area contributed by atoms with E-state index in [1.54, 1.807) is 0 Å². The minimum absolute atomic E-state index is 0.0805. The molecule has 0 aliphatic carbocycles. The van der Waals surface area contributed by atoms with Crippen LogP contribution in [0.3, 0.4) is 0 Å². The van der Waals surface area contributed by atoms with Gasteiger partial charge in [-0.3, -0.25) is 14.4 Å². The second kappa shape index (κ2) is 9.62. The Morgan fingerprint density at radius 1 is 1.23 bits per heavy atom. The van der Waals surface area contributed by atoms with E-state index in [2.05, 4.69) is 0 Å². The van der Waals surface area contributed by atoms with Gasteiger partial charge in [0, 0.05) is 26.1 Å². The molecule has 0 radical (unpaired) electrons. The van der Waals surface area contributed by atoms with Gasteiger partial charge in [0.25, 0.3) is 0 Å². The van der Waals surface area contributed by atoms with Gasteiger partial charge in [-0.25, -0.2) is 0 Å². The van der Waals surface area contributed by atoms with E-state index >= 15 is 0 Å². The van der Waals surface area contributed by atoms with Crippen molar-refractivity contribution >= 4 is 29.5 Å². The van der Waals surface area contributed by atoms with Gasteiger partial charge in [0.05, 0.1) is 0 Å². The first-order valence-electron chi connectivity index (χ1n) is 8.79. The molecule has 1 N–H and O–H groups in total. The number of nitrogens with zero attached hydrogens (tertiary/aromatic N) is 2. The predicted molar refractivity (Wildman–Crippen MR) is 102 cm³/mol. The summed E-state index contributed by atoms with van der Waals surface area (Å²) >= 11 is 1.52. The highest BCUT2D eigenvalue weighted by atomic mass is 32.2. The van der Waals surface area contributed by atoms with E-state index in [9.17, 15) is 14.4 Å². The van der Waals surface area contributed by atoms with Crippen LogP contribution in [0.2, 0.25) is 0 Å². The predicted octanol–water partition coefficient (Wildman–Crippen LogP) is 2.40. The summed E-state index contributed by atoms with van der Waals surface area (Å²) in [5.74, 6) is -1.16. The fraction of sp³-hybridized carbons (Fsp3) is 0.526. The molecule has 0 bridgehead atoms. The summed E-state index contributed by atoms with van der Waals surface area (Å²) in [6.07, 6.45) is 4.01. The summed E-state index contributed by atoms with van der Waals surface area (Å²) in [4.78, 5) is 39.1. The topological polar surface area (TPSA) is 77.9 Å². The van der Waals surface area contributed by atoms with Gasteiger partial charge in [0.1, 0.15) is 11.8 Å². The summed E-state index contributed by atoms with van der Waals surface area (Å²) in [6, 6.07) is 9.59. The highest BCUT2D eigenvalue weighted by Gasteiger charge is 2.30. The van der Waals surface area contributed by atoms with Crippen LogP contribution in [-0.4, -0.2) is 64.6 Å². The third-order valence-electron chi connectivity index (χ3n) is 4.72. The number of aliphatic carboxylic acids is 1. The number of hydrogen-bond acceptors (Lipinski definition) is 4. The number of thioether (sulfide) groups is 1. The van der Waals surface area contributed by atoms with E-state index < -0.39 is 5.97 Å². The van der Waals surface area contributed by atoms with E-state index in [-0.39, 0.29) is 29.7 Å². The van der Waals surface area contributed by atoms with Crippen LogP contribution in [0.4, 0.5) is 0 Å².